The van der Waals surface area contributed by atoms with Gasteiger partial charge in [-0.2, -0.15) is 0 Å². The molecule has 0 unspecified atom stereocenters. The van der Waals surface area contributed by atoms with Gasteiger partial charge in [-0.15, -0.1) is 0 Å². The maximum absolute atomic E-state index is 12.3. The van der Waals surface area contributed by atoms with Gasteiger partial charge >= 0.3 is 0 Å². The fourth-order valence-electron chi connectivity index (χ4n) is 2.73. The van der Waals surface area contributed by atoms with Gasteiger partial charge < -0.3 is 14.7 Å². The Kier molecular flexibility index (Phi) is 6.33. The van der Waals surface area contributed by atoms with Crippen molar-refractivity contribution in [2.24, 2.45) is 0 Å². The Balaban J connectivity index is 1.87. The van der Waals surface area contributed by atoms with Crippen LogP contribution < -0.4 is 5.32 Å². The van der Waals surface area contributed by atoms with Crippen molar-refractivity contribution >= 4 is 17.5 Å². The third-order valence-corrected chi connectivity index (χ3v) is 4.25. The zero-order valence-electron chi connectivity index (χ0n) is 15.3. The number of aromatic nitrogens is 1. The summed E-state index contributed by atoms with van der Waals surface area (Å²) in [5, 5.41) is 6.76. The van der Waals surface area contributed by atoms with E-state index in [1.54, 1.807) is 7.05 Å². The summed E-state index contributed by atoms with van der Waals surface area (Å²) in [6.45, 7) is 5.76. The first kappa shape index (κ1) is 18.7. The highest BCUT2D eigenvalue weighted by Gasteiger charge is 2.16. The minimum Gasteiger partial charge on any atom is -0.361 e. The van der Waals surface area contributed by atoms with E-state index in [1.807, 2.05) is 45.0 Å². The number of nitrogens with one attached hydrogen (secondary N) is 1. The van der Waals surface area contributed by atoms with Crippen molar-refractivity contribution in [1.82, 2.24) is 10.1 Å². The van der Waals surface area contributed by atoms with E-state index < -0.39 is 0 Å². The number of benzene rings is 1. The lowest BCUT2D eigenvalue weighted by atomic mass is 10.1. The Labute approximate surface area is 148 Å². The topological polar surface area (TPSA) is 75.4 Å². The number of hydrogen-bond donors (Lipinski definition) is 1. The summed E-state index contributed by atoms with van der Waals surface area (Å²) in [5.41, 5.74) is 3.64. The minimum absolute atomic E-state index is 0.0263. The zero-order valence-corrected chi connectivity index (χ0v) is 15.3. The molecule has 0 aliphatic rings. The van der Waals surface area contributed by atoms with Crippen molar-refractivity contribution in [2.45, 2.75) is 40.0 Å². The molecule has 0 aliphatic carbocycles. The number of para-hydroxylation sites is 1. The van der Waals surface area contributed by atoms with E-state index >= 15 is 0 Å². The maximum Gasteiger partial charge on any atom is 0.243 e. The Hall–Kier alpha value is -2.63. The van der Waals surface area contributed by atoms with Crippen LogP contribution in [0.5, 0.6) is 0 Å². The Bertz CT molecular complexity index is 733. The second-order valence-corrected chi connectivity index (χ2v) is 6.11. The van der Waals surface area contributed by atoms with E-state index in [-0.39, 0.29) is 18.4 Å². The number of rotatable bonds is 7. The van der Waals surface area contributed by atoms with Crippen molar-refractivity contribution in [3.63, 3.8) is 0 Å². The minimum atomic E-state index is -0.200. The third-order valence-electron chi connectivity index (χ3n) is 4.25. The molecule has 0 radical (unpaired) electrons. The summed E-state index contributed by atoms with van der Waals surface area (Å²) in [4.78, 5) is 25.9. The van der Waals surface area contributed by atoms with Crippen LogP contribution in [0.4, 0.5) is 5.69 Å². The van der Waals surface area contributed by atoms with E-state index in [2.05, 4.69) is 10.5 Å². The monoisotopic (exact) mass is 343 g/mol. The molecular formula is C19H25N3O3. The number of nitrogens with zero attached hydrogens (tertiary/aromatic N) is 2. The molecule has 1 aromatic carbocycles. The highest BCUT2D eigenvalue weighted by atomic mass is 16.5. The number of amides is 2. The second-order valence-electron chi connectivity index (χ2n) is 6.11. The summed E-state index contributed by atoms with van der Waals surface area (Å²) in [6.07, 6.45) is 1.71. The lowest BCUT2D eigenvalue weighted by Crippen LogP contribution is -2.35. The fraction of sp³-hybridized carbons (Fsp3) is 0.421. The molecule has 0 bridgehead atoms. The van der Waals surface area contributed by atoms with Gasteiger partial charge in [-0.3, -0.25) is 9.59 Å². The van der Waals surface area contributed by atoms with Crippen LogP contribution in [-0.4, -0.2) is 35.5 Å². The molecule has 1 heterocycles. The van der Waals surface area contributed by atoms with E-state index in [4.69, 9.17) is 4.52 Å². The SMILES string of the molecule is CCc1ccccc1NC(=O)CN(C)C(=O)CCc1c(C)noc1C. The van der Waals surface area contributed by atoms with Crippen LogP contribution in [0.15, 0.2) is 28.8 Å². The van der Waals surface area contributed by atoms with Crippen LogP contribution in [0.25, 0.3) is 0 Å². The normalized spacial score (nSPS) is 10.6. The van der Waals surface area contributed by atoms with Gasteiger partial charge in [0.25, 0.3) is 0 Å². The molecule has 0 fully saturated rings. The number of hydrogen-bond acceptors (Lipinski definition) is 4. The highest BCUT2D eigenvalue weighted by Crippen LogP contribution is 2.16. The van der Waals surface area contributed by atoms with Crippen molar-refractivity contribution in [3.05, 3.63) is 46.8 Å². The molecule has 0 saturated carbocycles. The molecule has 6 heteroatoms. The lowest BCUT2D eigenvalue weighted by molar-refractivity contribution is -0.133. The number of carbonyl (C=O) groups is 2. The highest BCUT2D eigenvalue weighted by molar-refractivity contribution is 5.95. The first-order chi connectivity index (χ1) is 11.9. The first-order valence-electron chi connectivity index (χ1n) is 8.45. The fourth-order valence-corrected chi connectivity index (χ4v) is 2.73. The van der Waals surface area contributed by atoms with Crippen molar-refractivity contribution in [2.75, 3.05) is 18.9 Å². The molecule has 0 aliphatic heterocycles. The van der Waals surface area contributed by atoms with E-state index in [0.717, 1.165) is 34.7 Å². The van der Waals surface area contributed by atoms with Gasteiger partial charge in [0, 0.05) is 24.7 Å². The largest absolute Gasteiger partial charge is 0.361 e. The smallest absolute Gasteiger partial charge is 0.243 e. The average molecular weight is 343 g/mol. The Morgan fingerprint density at radius 1 is 1.24 bits per heavy atom. The van der Waals surface area contributed by atoms with Gasteiger partial charge in [0.15, 0.2) is 0 Å². The molecular weight excluding hydrogens is 318 g/mol. The van der Waals surface area contributed by atoms with Crippen molar-refractivity contribution in [1.29, 1.82) is 0 Å². The maximum atomic E-state index is 12.3. The summed E-state index contributed by atoms with van der Waals surface area (Å²) >= 11 is 0. The number of carbonyl (C=O) groups excluding carboxylic acids is 2. The van der Waals surface area contributed by atoms with E-state index in [1.165, 1.54) is 4.90 Å². The van der Waals surface area contributed by atoms with Crippen LogP contribution in [-0.2, 0) is 22.4 Å². The molecule has 0 saturated heterocycles. The second kappa shape index (κ2) is 8.46. The Morgan fingerprint density at radius 2 is 1.96 bits per heavy atom. The molecule has 134 valence electrons. The molecule has 1 aromatic heterocycles. The van der Waals surface area contributed by atoms with Crippen LogP contribution in [0.3, 0.4) is 0 Å². The zero-order chi connectivity index (χ0) is 18.4. The van der Waals surface area contributed by atoms with Crippen LogP contribution in [0, 0.1) is 13.8 Å². The van der Waals surface area contributed by atoms with Gasteiger partial charge in [0.05, 0.1) is 12.2 Å². The third kappa shape index (κ3) is 4.92. The van der Waals surface area contributed by atoms with Gasteiger partial charge in [0.2, 0.25) is 11.8 Å². The average Bonchev–Trinajstić information content (AvgIpc) is 2.91. The van der Waals surface area contributed by atoms with Gasteiger partial charge in [0.1, 0.15) is 5.76 Å². The molecule has 0 spiro atoms. The Morgan fingerprint density at radius 3 is 2.60 bits per heavy atom. The van der Waals surface area contributed by atoms with Gasteiger partial charge in [-0.1, -0.05) is 30.3 Å². The molecule has 2 rings (SSSR count). The van der Waals surface area contributed by atoms with Crippen LogP contribution in [0.2, 0.25) is 0 Å². The number of likely N-dealkylation sites (N-methyl/N-ethyl adjacent to an activating group) is 1. The van der Waals surface area contributed by atoms with Gasteiger partial charge in [-0.05, 0) is 38.3 Å². The van der Waals surface area contributed by atoms with Crippen LogP contribution in [0.1, 0.15) is 35.9 Å². The molecule has 1 N–H and O–H groups in total. The summed E-state index contributed by atoms with van der Waals surface area (Å²) in [6, 6.07) is 7.68. The predicted molar refractivity (Wildman–Crippen MR) is 96.4 cm³/mol. The standard InChI is InChI=1S/C19H25N3O3/c1-5-15-8-6-7-9-17(15)20-18(23)12-22(4)19(24)11-10-16-13(2)21-25-14(16)3/h6-9H,5,10-12H2,1-4H3,(H,20,23). The molecule has 2 aromatic rings. The lowest BCUT2D eigenvalue weighted by Gasteiger charge is -2.17. The predicted octanol–water partition coefficient (Wildman–Crippen LogP) is 2.88. The summed E-state index contributed by atoms with van der Waals surface area (Å²) < 4.78 is 5.10. The summed E-state index contributed by atoms with van der Waals surface area (Å²) in [7, 11) is 1.64. The van der Waals surface area contributed by atoms with E-state index in [0.29, 0.717) is 12.8 Å². The van der Waals surface area contributed by atoms with Crippen molar-refractivity contribution in [3.8, 4) is 0 Å². The first-order valence-corrected chi connectivity index (χ1v) is 8.45. The summed E-state index contributed by atoms with van der Waals surface area (Å²) in [5.74, 6) is 0.454. The molecule has 0 atom stereocenters. The molecule has 2 amide bonds. The number of aryl methyl sites for hydroxylation is 3. The van der Waals surface area contributed by atoms with E-state index in [9.17, 15) is 9.59 Å². The van der Waals surface area contributed by atoms with Crippen molar-refractivity contribution < 1.29 is 14.1 Å². The quantitative estimate of drug-likeness (QED) is 0.839. The van der Waals surface area contributed by atoms with Gasteiger partial charge in [-0.25, -0.2) is 0 Å². The molecule has 25 heavy (non-hydrogen) atoms. The molecule has 6 nitrogen and oxygen atoms in total. The number of anilines is 1. The van der Waals surface area contributed by atoms with Crippen LogP contribution >= 0.6 is 0 Å².